The van der Waals surface area contributed by atoms with Gasteiger partial charge >= 0.3 is 5.97 Å². The molecule has 1 aliphatic rings. The molecule has 1 atom stereocenters. The molecule has 1 aliphatic heterocycles. The number of anilines is 1. The van der Waals surface area contributed by atoms with Crippen molar-refractivity contribution in [1.29, 1.82) is 0 Å². The summed E-state index contributed by atoms with van der Waals surface area (Å²) in [6.45, 7) is 2.03. The maximum Gasteiger partial charge on any atom is 0.337 e. The average Bonchev–Trinajstić information content (AvgIpc) is 2.71. The number of hydrogen-bond donors (Lipinski definition) is 2. The first-order valence-corrected chi connectivity index (χ1v) is 10.2. The zero-order valence-electron chi connectivity index (χ0n) is 15.7. The molecule has 0 radical (unpaired) electrons. The molecule has 0 saturated carbocycles. The number of carboxylic acid groups (broad SMARTS) is 1. The van der Waals surface area contributed by atoms with Gasteiger partial charge in [-0.3, -0.25) is 4.79 Å². The fourth-order valence-electron chi connectivity index (χ4n) is 3.35. The van der Waals surface area contributed by atoms with E-state index in [1.54, 1.807) is 18.2 Å². The molecule has 3 aromatic carbocycles. The molecule has 146 valence electrons. The van der Waals surface area contributed by atoms with E-state index in [0.29, 0.717) is 5.69 Å². The van der Waals surface area contributed by atoms with Crippen LogP contribution in [0.15, 0.2) is 66.7 Å². The van der Waals surface area contributed by atoms with Crippen LogP contribution in [0.1, 0.15) is 32.3 Å². The van der Waals surface area contributed by atoms with E-state index in [1.165, 1.54) is 17.8 Å². The lowest BCUT2D eigenvalue weighted by molar-refractivity contribution is -0.113. The molecule has 4 rings (SSSR count). The standard InChI is InChI=1S/C23H19NO4S/c1-14-10-11-20-17(12-14)22(16-7-3-5-9-19(16)28-20)29-13-21(25)24-18-8-4-2-6-15(18)23(26)27/h2-12,22H,13H2,1H3,(H,24,25)(H,26,27)/t22-/m0/s1. The second-order valence-electron chi connectivity index (χ2n) is 6.77. The van der Waals surface area contributed by atoms with Gasteiger partial charge in [-0.15, -0.1) is 11.8 Å². The van der Waals surface area contributed by atoms with Crippen LogP contribution in [-0.4, -0.2) is 22.7 Å². The first-order valence-electron chi connectivity index (χ1n) is 9.14. The monoisotopic (exact) mass is 405 g/mol. The lowest BCUT2D eigenvalue weighted by atomic mass is 9.98. The molecule has 1 amide bonds. The van der Waals surface area contributed by atoms with Crippen LogP contribution in [0.5, 0.6) is 11.5 Å². The van der Waals surface area contributed by atoms with Gasteiger partial charge in [0.2, 0.25) is 5.91 Å². The van der Waals surface area contributed by atoms with Crippen LogP contribution < -0.4 is 10.1 Å². The number of aromatic carboxylic acids is 1. The number of para-hydroxylation sites is 2. The Morgan fingerprint density at radius 2 is 1.72 bits per heavy atom. The highest BCUT2D eigenvalue weighted by Crippen LogP contribution is 2.49. The van der Waals surface area contributed by atoms with Crippen molar-refractivity contribution in [3.05, 3.63) is 89.0 Å². The highest BCUT2D eigenvalue weighted by Gasteiger charge is 2.28. The Labute approximate surface area is 172 Å². The van der Waals surface area contributed by atoms with Crippen LogP contribution in [0.2, 0.25) is 0 Å². The van der Waals surface area contributed by atoms with Crippen molar-refractivity contribution >= 4 is 29.3 Å². The van der Waals surface area contributed by atoms with Gasteiger partial charge in [0, 0.05) is 11.1 Å². The molecule has 0 bridgehead atoms. The zero-order chi connectivity index (χ0) is 20.4. The van der Waals surface area contributed by atoms with E-state index in [2.05, 4.69) is 11.4 Å². The van der Waals surface area contributed by atoms with E-state index in [9.17, 15) is 14.7 Å². The van der Waals surface area contributed by atoms with Crippen LogP contribution >= 0.6 is 11.8 Å². The third kappa shape index (κ3) is 3.98. The minimum absolute atomic E-state index is 0.0460. The average molecular weight is 405 g/mol. The van der Waals surface area contributed by atoms with Crippen LogP contribution in [0.3, 0.4) is 0 Å². The molecule has 0 aliphatic carbocycles. The lowest BCUT2D eigenvalue weighted by Gasteiger charge is -2.28. The van der Waals surface area contributed by atoms with E-state index in [-0.39, 0.29) is 22.5 Å². The van der Waals surface area contributed by atoms with Gasteiger partial charge in [0.15, 0.2) is 0 Å². The van der Waals surface area contributed by atoms with Crippen molar-refractivity contribution < 1.29 is 19.4 Å². The van der Waals surface area contributed by atoms with E-state index < -0.39 is 5.97 Å². The van der Waals surface area contributed by atoms with Crippen molar-refractivity contribution in [1.82, 2.24) is 0 Å². The number of aryl methyl sites for hydroxylation is 1. The molecule has 0 aromatic heterocycles. The van der Waals surface area contributed by atoms with Gasteiger partial charge in [-0.05, 0) is 31.2 Å². The Balaban J connectivity index is 1.55. The van der Waals surface area contributed by atoms with Gasteiger partial charge in [0.1, 0.15) is 11.5 Å². The molecule has 0 unspecified atom stereocenters. The molecule has 1 heterocycles. The third-order valence-corrected chi connectivity index (χ3v) is 5.95. The maximum atomic E-state index is 12.6. The number of carbonyl (C=O) groups is 2. The molecule has 3 aromatic rings. The van der Waals surface area contributed by atoms with Gasteiger partial charge in [0.25, 0.3) is 0 Å². The van der Waals surface area contributed by atoms with Crippen LogP contribution in [0.4, 0.5) is 5.69 Å². The number of carboxylic acids is 1. The molecule has 6 heteroatoms. The van der Waals surface area contributed by atoms with E-state index >= 15 is 0 Å². The van der Waals surface area contributed by atoms with Crippen LogP contribution in [0, 0.1) is 6.92 Å². The summed E-state index contributed by atoms with van der Waals surface area (Å²) in [6.07, 6.45) is 0. The van der Waals surface area contributed by atoms with Crippen molar-refractivity contribution in [3.63, 3.8) is 0 Å². The number of rotatable bonds is 5. The van der Waals surface area contributed by atoms with E-state index in [1.807, 2.05) is 43.3 Å². The quantitative estimate of drug-likeness (QED) is 0.606. The maximum absolute atomic E-state index is 12.6. The predicted molar refractivity (Wildman–Crippen MR) is 114 cm³/mol. The highest BCUT2D eigenvalue weighted by atomic mass is 32.2. The topological polar surface area (TPSA) is 75.6 Å². The lowest BCUT2D eigenvalue weighted by Crippen LogP contribution is -2.18. The number of thioether (sulfide) groups is 1. The first kappa shape index (κ1) is 19.1. The summed E-state index contributed by atoms with van der Waals surface area (Å²) < 4.78 is 6.03. The second kappa shape index (κ2) is 8.01. The Kier molecular flexibility index (Phi) is 5.27. The number of hydrogen-bond acceptors (Lipinski definition) is 4. The van der Waals surface area contributed by atoms with Gasteiger partial charge in [-0.25, -0.2) is 4.79 Å². The van der Waals surface area contributed by atoms with Crippen molar-refractivity contribution in [2.24, 2.45) is 0 Å². The Bertz CT molecular complexity index is 1100. The molecule has 2 N–H and O–H groups in total. The number of benzene rings is 3. The summed E-state index contributed by atoms with van der Waals surface area (Å²) in [5.74, 6) is 0.444. The number of carbonyl (C=O) groups excluding carboxylic acids is 1. The minimum Gasteiger partial charge on any atom is -0.478 e. The normalized spacial score (nSPS) is 14.3. The molecule has 29 heavy (non-hydrogen) atoms. The Morgan fingerprint density at radius 3 is 2.55 bits per heavy atom. The van der Waals surface area contributed by atoms with Crippen molar-refractivity contribution in [2.75, 3.05) is 11.1 Å². The molecule has 0 fully saturated rings. The number of ether oxygens (including phenoxy) is 1. The Hall–Kier alpha value is -3.25. The highest BCUT2D eigenvalue weighted by molar-refractivity contribution is 8.00. The summed E-state index contributed by atoms with van der Waals surface area (Å²) in [7, 11) is 0. The van der Waals surface area contributed by atoms with Crippen molar-refractivity contribution in [3.8, 4) is 11.5 Å². The minimum atomic E-state index is -1.07. The summed E-state index contributed by atoms with van der Waals surface area (Å²) in [6, 6.07) is 20.3. The Morgan fingerprint density at radius 1 is 1.00 bits per heavy atom. The summed E-state index contributed by atoms with van der Waals surface area (Å²) in [5.41, 5.74) is 3.55. The summed E-state index contributed by atoms with van der Waals surface area (Å²) >= 11 is 1.49. The SMILES string of the molecule is Cc1ccc2c(c1)[C@@H](SCC(=O)Nc1ccccc1C(=O)O)c1ccccc1O2. The van der Waals surface area contributed by atoms with Crippen LogP contribution in [-0.2, 0) is 4.79 Å². The zero-order valence-corrected chi connectivity index (χ0v) is 16.5. The number of amides is 1. The largest absolute Gasteiger partial charge is 0.478 e. The first-order chi connectivity index (χ1) is 14.0. The molecular weight excluding hydrogens is 386 g/mol. The molecular formula is C23H19NO4S. The van der Waals surface area contributed by atoms with E-state index in [4.69, 9.17) is 4.74 Å². The summed E-state index contributed by atoms with van der Waals surface area (Å²) in [5, 5.41) is 12.0. The number of nitrogens with one attached hydrogen (secondary N) is 1. The smallest absolute Gasteiger partial charge is 0.337 e. The third-order valence-electron chi connectivity index (χ3n) is 4.68. The summed E-state index contributed by atoms with van der Waals surface area (Å²) in [4.78, 5) is 23.9. The fraction of sp³-hybridized carbons (Fsp3) is 0.130. The van der Waals surface area contributed by atoms with Crippen molar-refractivity contribution in [2.45, 2.75) is 12.2 Å². The predicted octanol–water partition coefficient (Wildman–Crippen LogP) is 5.26. The van der Waals surface area contributed by atoms with Crippen LogP contribution in [0.25, 0.3) is 0 Å². The van der Waals surface area contributed by atoms with Gasteiger partial charge in [-0.1, -0.05) is 48.0 Å². The molecule has 0 saturated heterocycles. The molecule has 5 nitrogen and oxygen atoms in total. The number of fused-ring (bicyclic) bond motifs is 2. The second-order valence-corrected chi connectivity index (χ2v) is 7.86. The molecule has 0 spiro atoms. The van der Waals surface area contributed by atoms with Gasteiger partial charge in [0.05, 0.1) is 22.3 Å². The van der Waals surface area contributed by atoms with Gasteiger partial charge in [-0.2, -0.15) is 0 Å². The fourth-order valence-corrected chi connectivity index (χ4v) is 4.47. The van der Waals surface area contributed by atoms with Gasteiger partial charge < -0.3 is 15.2 Å². The van der Waals surface area contributed by atoms with E-state index in [0.717, 1.165) is 28.2 Å².